The first-order valence-corrected chi connectivity index (χ1v) is 10.6. The highest BCUT2D eigenvalue weighted by Crippen LogP contribution is 2.23. The topological polar surface area (TPSA) is 88.9 Å². The second kappa shape index (κ2) is 9.08. The van der Waals surface area contributed by atoms with Gasteiger partial charge in [0.25, 0.3) is 5.91 Å². The van der Waals surface area contributed by atoms with Crippen molar-refractivity contribution in [3.8, 4) is 5.69 Å². The third kappa shape index (κ3) is 4.85. The molecule has 2 N–H and O–H groups in total. The third-order valence-corrected chi connectivity index (χ3v) is 5.49. The van der Waals surface area contributed by atoms with Crippen LogP contribution in [0.3, 0.4) is 0 Å². The number of carbonyl (C=O) groups excluding carboxylic acids is 2. The molecule has 9 heteroatoms. The van der Waals surface area contributed by atoms with Gasteiger partial charge in [0.15, 0.2) is 5.16 Å². The molecule has 0 bridgehead atoms. The SMILES string of the molecule is O=C(CCSc1nncn1-c1ccccc1F)Nc1ccccc1C(=O)NC1CC1. The lowest BCUT2D eigenvalue weighted by Gasteiger charge is -2.11. The highest BCUT2D eigenvalue weighted by Gasteiger charge is 2.25. The van der Waals surface area contributed by atoms with Gasteiger partial charge in [0.2, 0.25) is 5.91 Å². The van der Waals surface area contributed by atoms with Gasteiger partial charge < -0.3 is 10.6 Å². The minimum Gasteiger partial charge on any atom is -0.349 e. The summed E-state index contributed by atoms with van der Waals surface area (Å²) in [5, 5.41) is 14.1. The predicted molar refractivity (Wildman–Crippen MR) is 112 cm³/mol. The zero-order valence-corrected chi connectivity index (χ0v) is 16.9. The van der Waals surface area contributed by atoms with Crippen molar-refractivity contribution in [1.82, 2.24) is 20.1 Å². The molecule has 7 nitrogen and oxygen atoms in total. The first-order valence-electron chi connectivity index (χ1n) is 9.59. The Kier molecular flexibility index (Phi) is 6.08. The van der Waals surface area contributed by atoms with Crippen LogP contribution in [0.1, 0.15) is 29.6 Å². The molecule has 0 unspecified atom stereocenters. The van der Waals surface area contributed by atoms with Crippen LogP contribution in [-0.4, -0.2) is 38.4 Å². The summed E-state index contributed by atoms with van der Waals surface area (Å²) in [5.41, 5.74) is 1.29. The van der Waals surface area contributed by atoms with E-state index >= 15 is 0 Å². The lowest BCUT2D eigenvalue weighted by atomic mass is 10.1. The second-order valence-electron chi connectivity index (χ2n) is 6.87. The Morgan fingerprint density at radius 2 is 1.90 bits per heavy atom. The maximum atomic E-state index is 14.0. The number of nitrogens with one attached hydrogen (secondary N) is 2. The molecule has 0 saturated heterocycles. The van der Waals surface area contributed by atoms with Gasteiger partial charge in [-0.2, -0.15) is 0 Å². The molecular weight excluding hydrogens is 405 g/mol. The maximum Gasteiger partial charge on any atom is 0.253 e. The van der Waals surface area contributed by atoms with Gasteiger partial charge in [-0.1, -0.05) is 36.0 Å². The average molecular weight is 425 g/mol. The Morgan fingerprint density at radius 1 is 1.13 bits per heavy atom. The molecule has 0 atom stereocenters. The minimum atomic E-state index is -0.377. The number of amides is 2. The zero-order chi connectivity index (χ0) is 20.9. The number of thioether (sulfide) groups is 1. The normalized spacial score (nSPS) is 13.1. The number of aromatic nitrogens is 3. The molecule has 1 aromatic heterocycles. The molecular formula is C21H20FN5O2S. The summed E-state index contributed by atoms with van der Waals surface area (Å²) in [6.07, 6.45) is 3.63. The summed E-state index contributed by atoms with van der Waals surface area (Å²) in [6, 6.07) is 13.5. The van der Waals surface area contributed by atoms with Crippen LogP contribution in [0.15, 0.2) is 60.0 Å². The van der Waals surface area contributed by atoms with Crippen molar-refractivity contribution in [1.29, 1.82) is 0 Å². The number of hydrogen-bond acceptors (Lipinski definition) is 5. The quantitative estimate of drug-likeness (QED) is 0.540. The average Bonchev–Trinajstić information content (AvgIpc) is 3.43. The van der Waals surface area contributed by atoms with Crippen LogP contribution in [0.5, 0.6) is 0 Å². The van der Waals surface area contributed by atoms with Crippen molar-refractivity contribution in [3.63, 3.8) is 0 Å². The van der Waals surface area contributed by atoms with Crippen LogP contribution in [0.4, 0.5) is 10.1 Å². The number of anilines is 1. The Hall–Kier alpha value is -3.20. The summed E-state index contributed by atoms with van der Waals surface area (Å²) in [6.45, 7) is 0. The van der Waals surface area contributed by atoms with Crippen molar-refractivity contribution < 1.29 is 14.0 Å². The minimum absolute atomic E-state index is 0.180. The molecule has 1 heterocycles. The Morgan fingerprint density at radius 3 is 2.70 bits per heavy atom. The van der Waals surface area contributed by atoms with Crippen LogP contribution in [0.2, 0.25) is 0 Å². The Balaban J connectivity index is 1.34. The van der Waals surface area contributed by atoms with Crippen molar-refractivity contribution in [2.45, 2.75) is 30.5 Å². The van der Waals surface area contributed by atoms with E-state index in [1.54, 1.807) is 47.0 Å². The van der Waals surface area contributed by atoms with Crippen LogP contribution >= 0.6 is 11.8 Å². The van der Waals surface area contributed by atoms with E-state index in [-0.39, 0.29) is 30.1 Å². The van der Waals surface area contributed by atoms with E-state index in [2.05, 4.69) is 20.8 Å². The van der Waals surface area contributed by atoms with E-state index in [9.17, 15) is 14.0 Å². The fourth-order valence-electron chi connectivity index (χ4n) is 2.86. The van der Waals surface area contributed by atoms with Crippen molar-refractivity contribution in [2.24, 2.45) is 0 Å². The van der Waals surface area contributed by atoms with Gasteiger partial charge in [0.05, 0.1) is 16.9 Å². The number of benzene rings is 2. The molecule has 1 aliphatic rings. The number of hydrogen-bond donors (Lipinski definition) is 2. The number of halogens is 1. The van der Waals surface area contributed by atoms with Crippen LogP contribution in [0.25, 0.3) is 5.69 Å². The molecule has 2 amide bonds. The van der Waals surface area contributed by atoms with E-state index in [0.717, 1.165) is 12.8 Å². The number of para-hydroxylation sites is 2. The maximum absolute atomic E-state index is 14.0. The first-order chi connectivity index (χ1) is 14.6. The summed E-state index contributed by atoms with van der Waals surface area (Å²) < 4.78 is 15.6. The number of nitrogens with zero attached hydrogens (tertiary/aromatic N) is 3. The monoisotopic (exact) mass is 425 g/mol. The zero-order valence-electron chi connectivity index (χ0n) is 16.0. The van der Waals surface area contributed by atoms with Gasteiger partial charge in [-0.25, -0.2) is 4.39 Å². The molecule has 1 saturated carbocycles. The van der Waals surface area contributed by atoms with Gasteiger partial charge >= 0.3 is 0 Å². The summed E-state index contributed by atoms with van der Waals surface area (Å²) in [4.78, 5) is 24.8. The van der Waals surface area contributed by atoms with Gasteiger partial charge in [-0.3, -0.25) is 14.2 Å². The lowest BCUT2D eigenvalue weighted by Crippen LogP contribution is -2.27. The Bertz CT molecular complexity index is 1070. The van der Waals surface area contributed by atoms with Crippen molar-refractivity contribution in [2.75, 3.05) is 11.1 Å². The van der Waals surface area contributed by atoms with E-state index in [1.165, 1.54) is 24.2 Å². The van der Waals surface area contributed by atoms with E-state index in [1.807, 2.05) is 0 Å². The number of rotatable bonds is 8. The fraction of sp³-hybridized carbons (Fsp3) is 0.238. The highest BCUT2D eigenvalue weighted by atomic mass is 32.2. The summed E-state index contributed by atoms with van der Waals surface area (Å²) in [5.74, 6) is -0.347. The smallest absolute Gasteiger partial charge is 0.253 e. The standard InChI is InChI=1S/C21H20FN5O2S/c22-16-6-2-4-8-18(16)27-13-23-26-21(27)30-12-11-19(28)25-17-7-3-1-5-15(17)20(29)24-14-9-10-14/h1-8,13-14H,9-12H2,(H,24,29)(H,25,28). The molecule has 2 aromatic carbocycles. The molecule has 0 radical (unpaired) electrons. The van der Waals surface area contributed by atoms with Crippen molar-refractivity contribution in [3.05, 3.63) is 66.2 Å². The van der Waals surface area contributed by atoms with Crippen LogP contribution in [0, 0.1) is 5.82 Å². The molecule has 0 spiro atoms. The van der Waals surface area contributed by atoms with Crippen LogP contribution < -0.4 is 10.6 Å². The second-order valence-corrected chi connectivity index (χ2v) is 7.94. The molecule has 1 fully saturated rings. The molecule has 30 heavy (non-hydrogen) atoms. The lowest BCUT2D eigenvalue weighted by molar-refractivity contribution is -0.115. The summed E-state index contributed by atoms with van der Waals surface area (Å²) in [7, 11) is 0. The molecule has 4 rings (SSSR count). The largest absolute Gasteiger partial charge is 0.349 e. The van der Waals surface area contributed by atoms with E-state index in [0.29, 0.717) is 27.8 Å². The molecule has 1 aliphatic carbocycles. The van der Waals surface area contributed by atoms with Crippen molar-refractivity contribution >= 4 is 29.3 Å². The highest BCUT2D eigenvalue weighted by molar-refractivity contribution is 7.99. The first kappa shape index (κ1) is 20.1. The third-order valence-electron chi connectivity index (χ3n) is 4.55. The van der Waals surface area contributed by atoms with Gasteiger partial charge in [-0.05, 0) is 37.1 Å². The fourth-order valence-corrected chi connectivity index (χ4v) is 3.72. The van der Waals surface area contributed by atoms with E-state index in [4.69, 9.17) is 0 Å². The van der Waals surface area contributed by atoms with Gasteiger partial charge in [0.1, 0.15) is 12.1 Å². The Labute approximate surface area is 177 Å². The van der Waals surface area contributed by atoms with Crippen LogP contribution in [-0.2, 0) is 4.79 Å². The number of carbonyl (C=O) groups is 2. The van der Waals surface area contributed by atoms with Gasteiger partial charge in [0, 0.05) is 18.2 Å². The molecule has 3 aromatic rings. The molecule has 0 aliphatic heterocycles. The molecule has 154 valence electrons. The van der Waals surface area contributed by atoms with E-state index < -0.39 is 0 Å². The van der Waals surface area contributed by atoms with Gasteiger partial charge in [-0.15, -0.1) is 10.2 Å². The summed E-state index contributed by atoms with van der Waals surface area (Å²) >= 11 is 1.31. The predicted octanol–water partition coefficient (Wildman–Crippen LogP) is 3.42.